The first-order chi connectivity index (χ1) is 11.3. The van der Waals surface area contributed by atoms with Gasteiger partial charge in [-0.25, -0.2) is 4.98 Å². The molecule has 0 aliphatic carbocycles. The molecule has 1 aromatic carbocycles. The summed E-state index contributed by atoms with van der Waals surface area (Å²) < 4.78 is 0. The molecule has 0 atom stereocenters. The quantitative estimate of drug-likeness (QED) is 0.591. The second-order valence-electron chi connectivity index (χ2n) is 6.84. The van der Waals surface area contributed by atoms with Crippen molar-refractivity contribution in [1.82, 2.24) is 4.98 Å². The molecule has 0 radical (unpaired) electrons. The predicted molar refractivity (Wildman–Crippen MR) is 99.4 cm³/mol. The molecule has 0 saturated heterocycles. The van der Waals surface area contributed by atoms with Crippen LogP contribution < -0.4 is 0 Å². The van der Waals surface area contributed by atoms with Gasteiger partial charge in [0.1, 0.15) is 5.69 Å². The summed E-state index contributed by atoms with van der Waals surface area (Å²) in [6.07, 6.45) is 0.538. The molecular formula is C21H26N2O. The van der Waals surface area contributed by atoms with Gasteiger partial charge in [0.2, 0.25) is 0 Å². The molecule has 0 spiro atoms. The van der Waals surface area contributed by atoms with Crippen LogP contribution in [-0.2, 0) is 6.42 Å². The van der Waals surface area contributed by atoms with Crippen molar-refractivity contribution in [3.05, 3.63) is 64.5 Å². The van der Waals surface area contributed by atoms with Gasteiger partial charge in [0.15, 0.2) is 5.78 Å². The van der Waals surface area contributed by atoms with Crippen molar-refractivity contribution in [3.63, 3.8) is 0 Å². The van der Waals surface area contributed by atoms with Gasteiger partial charge < -0.3 is 5.41 Å². The molecule has 1 heterocycles. The molecule has 0 amide bonds. The molecule has 126 valence electrons. The Balaban J connectivity index is 2.41. The van der Waals surface area contributed by atoms with E-state index in [4.69, 9.17) is 5.41 Å². The Morgan fingerprint density at radius 2 is 1.46 bits per heavy atom. The Morgan fingerprint density at radius 1 is 0.958 bits per heavy atom. The Hall–Kier alpha value is -2.29. The van der Waals surface area contributed by atoms with E-state index in [1.165, 1.54) is 23.6 Å². The molecule has 0 aliphatic rings. The highest BCUT2D eigenvalue weighted by molar-refractivity contribution is 6.00. The molecule has 0 saturated carbocycles. The summed E-state index contributed by atoms with van der Waals surface area (Å²) in [6.45, 7) is 10.2. The molecule has 1 N–H and O–H groups in total. The number of hydrogen-bond acceptors (Lipinski definition) is 3. The third kappa shape index (κ3) is 3.97. The molecule has 24 heavy (non-hydrogen) atoms. The molecule has 2 rings (SSSR count). The second-order valence-corrected chi connectivity index (χ2v) is 6.84. The van der Waals surface area contributed by atoms with E-state index in [1.54, 1.807) is 12.1 Å². The fourth-order valence-corrected chi connectivity index (χ4v) is 2.98. The van der Waals surface area contributed by atoms with E-state index >= 15 is 0 Å². The van der Waals surface area contributed by atoms with E-state index in [1.807, 2.05) is 6.07 Å². The first-order valence-electron chi connectivity index (χ1n) is 8.48. The fraction of sp³-hybridized carbons (Fsp3) is 0.381. The van der Waals surface area contributed by atoms with Crippen LogP contribution in [0.2, 0.25) is 0 Å². The van der Waals surface area contributed by atoms with Gasteiger partial charge in [0.25, 0.3) is 0 Å². The average Bonchev–Trinajstić information content (AvgIpc) is 2.54. The van der Waals surface area contributed by atoms with Gasteiger partial charge in [0, 0.05) is 13.3 Å². The maximum Gasteiger partial charge on any atom is 0.178 e. The van der Waals surface area contributed by atoms with Crippen molar-refractivity contribution >= 4 is 11.5 Å². The zero-order valence-electron chi connectivity index (χ0n) is 15.2. The summed E-state index contributed by atoms with van der Waals surface area (Å²) in [7, 11) is 0. The van der Waals surface area contributed by atoms with Crippen LogP contribution in [0.4, 0.5) is 0 Å². The minimum absolute atomic E-state index is 0.0740. The molecule has 0 unspecified atom stereocenters. The van der Waals surface area contributed by atoms with Crippen molar-refractivity contribution in [2.45, 2.75) is 52.9 Å². The van der Waals surface area contributed by atoms with Crippen LogP contribution in [0.25, 0.3) is 0 Å². The van der Waals surface area contributed by atoms with Gasteiger partial charge in [0.05, 0.1) is 11.4 Å². The number of hydrogen-bond donors (Lipinski definition) is 1. The van der Waals surface area contributed by atoms with E-state index in [2.05, 4.69) is 50.9 Å². The summed E-state index contributed by atoms with van der Waals surface area (Å²) in [5, 5.41) is 8.51. The lowest BCUT2D eigenvalue weighted by Gasteiger charge is -2.20. The average molecular weight is 322 g/mol. The molecule has 0 bridgehead atoms. The lowest BCUT2D eigenvalue weighted by molar-refractivity contribution is 0.101. The van der Waals surface area contributed by atoms with Gasteiger partial charge in [-0.2, -0.15) is 0 Å². The summed E-state index contributed by atoms with van der Waals surface area (Å²) in [5.41, 5.74) is 5.24. The van der Waals surface area contributed by atoms with Gasteiger partial charge >= 0.3 is 0 Å². The lowest BCUT2D eigenvalue weighted by atomic mass is 9.86. The number of nitrogens with one attached hydrogen (secondary N) is 1. The molecule has 3 nitrogen and oxygen atoms in total. The number of nitrogens with zero attached hydrogens (tertiary/aromatic N) is 1. The number of carbonyl (C=O) groups is 1. The minimum atomic E-state index is -0.0740. The van der Waals surface area contributed by atoms with Crippen molar-refractivity contribution in [3.8, 4) is 0 Å². The number of carbonyl (C=O) groups excluding carboxylic acids is 1. The number of pyridine rings is 1. The number of ketones is 1. The van der Waals surface area contributed by atoms with Crippen LogP contribution in [-0.4, -0.2) is 16.5 Å². The maximum atomic E-state index is 11.5. The Bertz CT molecular complexity index is 734. The van der Waals surface area contributed by atoms with Gasteiger partial charge in [-0.05, 0) is 40.7 Å². The van der Waals surface area contributed by atoms with E-state index in [9.17, 15) is 4.79 Å². The smallest absolute Gasteiger partial charge is 0.178 e. The first-order valence-corrected chi connectivity index (χ1v) is 8.48. The summed E-state index contributed by atoms with van der Waals surface area (Å²) in [5.74, 6) is 0.737. The Morgan fingerprint density at radius 3 is 1.96 bits per heavy atom. The van der Waals surface area contributed by atoms with Crippen LogP contribution in [0.3, 0.4) is 0 Å². The molecule has 3 heteroatoms. The van der Waals surface area contributed by atoms with Crippen LogP contribution >= 0.6 is 0 Å². The normalized spacial score (nSPS) is 11.1. The van der Waals surface area contributed by atoms with Crippen molar-refractivity contribution in [1.29, 1.82) is 5.41 Å². The summed E-state index contributed by atoms with van der Waals surface area (Å²) in [4.78, 5) is 15.9. The highest BCUT2D eigenvalue weighted by atomic mass is 16.1. The van der Waals surface area contributed by atoms with Crippen LogP contribution in [0, 0.1) is 5.41 Å². The van der Waals surface area contributed by atoms with Crippen LogP contribution in [0.5, 0.6) is 0 Å². The summed E-state index contributed by atoms with van der Waals surface area (Å²) >= 11 is 0. The van der Waals surface area contributed by atoms with Crippen LogP contribution in [0.1, 0.15) is 79.3 Å². The van der Waals surface area contributed by atoms with Gasteiger partial charge in [-0.3, -0.25) is 4.79 Å². The topological polar surface area (TPSA) is 53.8 Å². The third-order valence-corrected chi connectivity index (χ3v) is 4.27. The molecule has 0 aliphatic heterocycles. The highest BCUT2D eigenvalue weighted by Gasteiger charge is 2.16. The van der Waals surface area contributed by atoms with Crippen molar-refractivity contribution < 1.29 is 4.79 Å². The van der Waals surface area contributed by atoms with E-state index < -0.39 is 0 Å². The first kappa shape index (κ1) is 18.1. The second kappa shape index (κ2) is 7.52. The number of benzene rings is 1. The van der Waals surface area contributed by atoms with E-state index in [-0.39, 0.29) is 5.78 Å². The molecule has 2 aromatic rings. The van der Waals surface area contributed by atoms with E-state index in [0.717, 1.165) is 0 Å². The van der Waals surface area contributed by atoms with Gasteiger partial charge in [-0.15, -0.1) is 0 Å². The number of aromatic nitrogens is 1. The minimum Gasteiger partial charge on any atom is -0.303 e. The SMILES string of the molecule is CC(=O)c1cccc(C(=N)Cc2c(C(C)C)cccc2C(C)C)n1. The zero-order chi connectivity index (χ0) is 17.9. The van der Waals surface area contributed by atoms with E-state index in [0.29, 0.717) is 35.4 Å². The summed E-state index contributed by atoms with van der Waals surface area (Å²) in [6, 6.07) is 11.7. The highest BCUT2D eigenvalue weighted by Crippen LogP contribution is 2.28. The Labute approximate surface area is 144 Å². The maximum absolute atomic E-state index is 11.5. The predicted octanol–water partition coefficient (Wildman–Crippen LogP) is 5.14. The van der Waals surface area contributed by atoms with Crippen molar-refractivity contribution in [2.24, 2.45) is 0 Å². The molecule has 0 fully saturated rings. The zero-order valence-corrected chi connectivity index (χ0v) is 15.2. The lowest BCUT2D eigenvalue weighted by Crippen LogP contribution is -2.13. The fourth-order valence-electron chi connectivity index (χ4n) is 2.98. The van der Waals surface area contributed by atoms with Gasteiger partial charge in [-0.1, -0.05) is 52.0 Å². The van der Waals surface area contributed by atoms with Crippen LogP contribution in [0.15, 0.2) is 36.4 Å². The third-order valence-electron chi connectivity index (χ3n) is 4.27. The standard InChI is InChI=1S/C21H26N2O/c1-13(2)16-8-6-9-17(14(3)4)18(16)12-19(22)21-11-7-10-20(23-21)15(5)24/h6-11,13-14,22H,12H2,1-5H3. The monoisotopic (exact) mass is 322 g/mol. The Kier molecular flexibility index (Phi) is 5.66. The molecule has 1 aromatic heterocycles. The largest absolute Gasteiger partial charge is 0.303 e. The molecular weight excluding hydrogens is 296 g/mol. The van der Waals surface area contributed by atoms with Crippen molar-refractivity contribution in [2.75, 3.05) is 0 Å². The number of rotatable bonds is 6. The number of Topliss-reactive ketones (excluding diaryl/α,β-unsaturated/α-hetero) is 1.